The van der Waals surface area contributed by atoms with E-state index in [1.807, 2.05) is 29.5 Å². The molecule has 7 aromatic carbocycles. The van der Waals surface area contributed by atoms with Crippen LogP contribution < -0.4 is 0 Å². The summed E-state index contributed by atoms with van der Waals surface area (Å²) in [5, 5.41) is 7.46. The second kappa shape index (κ2) is 10.4. The molecule has 3 aromatic heterocycles. The van der Waals surface area contributed by atoms with E-state index in [2.05, 4.69) is 146 Å². The number of para-hydroxylation sites is 1. The Kier molecular flexibility index (Phi) is 5.85. The van der Waals surface area contributed by atoms with E-state index in [-0.39, 0.29) is 5.41 Å². The molecule has 0 saturated heterocycles. The highest BCUT2D eigenvalue weighted by Gasteiger charge is 2.35. The Morgan fingerprint density at radius 1 is 0.510 bits per heavy atom. The molecule has 51 heavy (non-hydrogen) atoms. The Bertz CT molecular complexity index is 3060. The zero-order valence-electron chi connectivity index (χ0n) is 28.1. The van der Waals surface area contributed by atoms with Gasteiger partial charge in [0.15, 0.2) is 11.6 Å². The van der Waals surface area contributed by atoms with Crippen LogP contribution in [0.1, 0.15) is 25.0 Å². The maximum Gasteiger partial charge on any atom is 0.238 e. The first-order valence-electron chi connectivity index (χ1n) is 17.4. The molecular weight excluding hydrogens is 641 g/mol. The molecule has 5 heteroatoms. The fourth-order valence-corrected chi connectivity index (χ4v) is 9.75. The SMILES string of the molecule is CC1(C)c2ccccc2-c2ccc(-c3nc(-c4ccccc4)nc(-n4c5ccccc5c5c6ccccc6c6c7ccccc7sc6c54)n3)cc21. The van der Waals surface area contributed by atoms with Crippen molar-refractivity contribution in [1.29, 1.82) is 0 Å². The van der Waals surface area contributed by atoms with Gasteiger partial charge in [0, 0.05) is 42.8 Å². The van der Waals surface area contributed by atoms with E-state index in [1.165, 1.54) is 64.0 Å². The quantitative estimate of drug-likeness (QED) is 0.188. The summed E-state index contributed by atoms with van der Waals surface area (Å²) in [5.41, 5.74) is 9.22. The molecule has 10 aromatic rings. The smallest absolute Gasteiger partial charge is 0.238 e. The molecule has 0 spiro atoms. The molecule has 1 aliphatic rings. The molecule has 0 saturated carbocycles. The van der Waals surface area contributed by atoms with Gasteiger partial charge in [-0.15, -0.1) is 11.3 Å². The standard InChI is InChI=1S/C46H30N4S/c1-46(2)35-21-11-8-16-29(35)30-25-24-28(26-36(30)46)44-47-43(27-14-4-3-5-15-27)48-45(49-44)50-37-22-12-9-19-33(37)39-31-17-6-7-18-32(31)40-34-20-10-13-23-38(34)51-42(40)41(39)50/h3-26H,1-2H3. The van der Waals surface area contributed by atoms with E-state index in [0.29, 0.717) is 17.6 Å². The number of nitrogens with zero attached hydrogens (tertiary/aromatic N) is 4. The van der Waals surface area contributed by atoms with Gasteiger partial charge >= 0.3 is 0 Å². The van der Waals surface area contributed by atoms with E-state index < -0.39 is 0 Å². The minimum absolute atomic E-state index is 0.138. The first kappa shape index (κ1) is 28.6. The van der Waals surface area contributed by atoms with E-state index in [0.717, 1.165) is 22.2 Å². The lowest BCUT2D eigenvalue weighted by atomic mass is 9.82. The monoisotopic (exact) mass is 670 g/mol. The van der Waals surface area contributed by atoms with Crippen LogP contribution in [0.3, 0.4) is 0 Å². The number of rotatable bonds is 3. The predicted molar refractivity (Wildman–Crippen MR) is 213 cm³/mol. The first-order valence-corrected chi connectivity index (χ1v) is 18.2. The van der Waals surface area contributed by atoms with Crippen molar-refractivity contribution in [2.45, 2.75) is 19.3 Å². The second-order valence-electron chi connectivity index (χ2n) is 14.0. The lowest BCUT2D eigenvalue weighted by Gasteiger charge is -2.21. The van der Waals surface area contributed by atoms with Crippen LogP contribution in [0.5, 0.6) is 0 Å². The number of aromatic nitrogens is 4. The summed E-state index contributed by atoms with van der Waals surface area (Å²) in [6.45, 7) is 4.63. The van der Waals surface area contributed by atoms with Crippen molar-refractivity contribution in [3.05, 3.63) is 157 Å². The van der Waals surface area contributed by atoms with Crippen LogP contribution in [0.25, 0.3) is 92.6 Å². The first-order chi connectivity index (χ1) is 25.1. The van der Waals surface area contributed by atoms with Crippen LogP contribution in [0, 0.1) is 0 Å². The lowest BCUT2D eigenvalue weighted by molar-refractivity contribution is 0.660. The Morgan fingerprint density at radius 3 is 1.96 bits per heavy atom. The molecule has 11 rings (SSSR count). The van der Waals surface area contributed by atoms with Crippen LogP contribution in [0.4, 0.5) is 0 Å². The van der Waals surface area contributed by atoms with Gasteiger partial charge in [-0.05, 0) is 51.2 Å². The molecule has 0 unspecified atom stereocenters. The normalized spacial score (nSPS) is 13.5. The summed E-state index contributed by atoms with van der Waals surface area (Å²) >= 11 is 1.85. The topological polar surface area (TPSA) is 43.6 Å². The third-order valence-electron chi connectivity index (χ3n) is 10.8. The van der Waals surface area contributed by atoms with Crippen molar-refractivity contribution < 1.29 is 0 Å². The molecule has 0 radical (unpaired) electrons. The Morgan fingerprint density at radius 2 is 1.14 bits per heavy atom. The summed E-state index contributed by atoms with van der Waals surface area (Å²) in [5.74, 6) is 1.92. The molecule has 0 aliphatic heterocycles. The van der Waals surface area contributed by atoms with Crippen molar-refractivity contribution in [3.8, 4) is 39.9 Å². The minimum atomic E-state index is -0.138. The number of benzene rings is 7. The zero-order valence-corrected chi connectivity index (χ0v) is 28.9. The van der Waals surface area contributed by atoms with Gasteiger partial charge in [0.1, 0.15) is 0 Å². The Labute approximate surface area is 298 Å². The molecule has 4 nitrogen and oxygen atoms in total. The summed E-state index contributed by atoms with van der Waals surface area (Å²) in [7, 11) is 0. The van der Waals surface area contributed by atoms with Gasteiger partial charge in [-0.25, -0.2) is 4.98 Å². The van der Waals surface area contributed by atoms with Crippen LogP contribution in [-0.4, -0.2) is 19.5 Å². The highest BCUT2D eigenvalue weighted by molar-refractivity contribution is 7.27. The average Bonchev–Trinajstić information content (AvgIpc) is 3.82. The third-order valence-corrected chi connectivity index (χ3v) is 12.0. The van der Waals surface area contributed by atoms with Crippen molar-refractivity contribution in [2.75, 3.05) is 0 Å². The van der Waals surface area contributed by atoms with E-state index in [4.69, 9.17) is 15.0 Å². The third kappa shape index (κ3) is 3.98. The van der Waals surface area contributed by atoms with Crippen molar-refractivity contribution in [1.82, 2.24) is 19.5 Å². The minimum Gasteiger partial charge on any atom is -0.276 e. The molecule has 0 N–H and O–H groups in total. The molecule has 0 atom stereocenters. The van der Waals surface area contributed by atoms with Gasteiger partial charge in [0.2, 0.25) is 5.95 Å². The number of fused-ring (bicyclic) bond motifs is 13. The number of hydrogen-bond donors (Lipinski definition) is 0. The molecule has 0 amide bonds. The number of thiophene rings is 1. The van der Waals surface area contributed by atoms with Crippen LogP contribution in [0.15, 0.2) is 146 Å². The lowest BCUT2D eigenvalue weighted by Crippen LogP contribution is -2.15. The van der Waals surface area contributed by atoms with Crippen molar-refractivity contribution in [3.63, 3.8) is 0 Å². The fourth-order valence-electron chi connectivity index (χ4n) is 8.49. The highest BCUT2D eigenvalue weighted by Crippen LogP contribution is 2.50. The molecule has 0 bridgehead atoms. The molecule has 1 aliphatic carbocycles. The van der Waals surface area contributed by atoms with Crippen LogP contribution in [-0.2, 0) is 5.41 Å². The van der Waals surface area contributed by atoms with Gasteiger partial charge in [0.25, 0.3) is 0 Å². The summed E-state index contributed by atoms with van der Waals surface area (Å²) < 4.78 is 4.80. The highest BCUT2D eigenvalue weighted by atomic mass is 32.1. The summed E-state index contributed by atoms with van der Waals surface area (Å²) in [6, 6.07) is 52.0. The Hall–Kier alpha value is -6.17. The largest absolute Gasteiger partial charge is 0.276 e. The second-order valence-corrected chi connectivity index (χ2v) is 15.1. The van der Waals surface area contributed by atoms with Gasteiger partial charge in [0.05, 0.1) is 15.7 Å². The van der Waals surface area contributed by atoms with Crippen molar-refractivity contribution >= 4 is 64.1 Å². The number of hydrogen-bond acceptors (Lipinski definition) is 4. The molecule has 3 heterocycles. The predicted octanol–water partition coefficient (Wildman–Crippen LogP) is 12.1. The van der Waals surface area contributed by atoms with Crippen LogP contribution >= 0.6 is 11.3 Å². The maximum atomic E-state index is 5.38. The van der Waals surface area contributed by atoms with E-state index in [9.17, 15) is 0 Å². The zero-order chi connectivity index (χ0) is 33.8. The van der Waals surface area contributed by atoms with Crippen molar-refractivity contribution in [2.24, 2.45) is 0 Å². The van der Waals surface area contributed by atoms with Gasteiger partial charge in [-0.2, -0.15) is 9.97 Å². The van der Waals surface area contributed by atoms with Crippen LogP contribution in [0.2, 0.25) is 0 Å². The summed E-state index contributed by atoms with van der Waals surface area (Å²) in [4.78, 5) is 15.9. The maximum absolute atomic E-state index is 5.38. The van der Waals surface area contributed by atoms with E-state index in [1.54, 1.807) is 0 Å². The average molecular weight is 671 g/mol. The van der Waals surface area contributed by atoms with Gasteiger partial charge < -0.3 is 0 Å². The molecule has 240 valence electrons. The summed E-state index contributed by atoms with van der Waals surface area (Å²) in [6.07, 6.45) is 0. The fraction of sp³-hybridized carbons (Fsp3) is 0.0652. The molecular formula is C46H30N4S. The molecule has 0 fully saturated rings. The Balaban J connectivity index is 1.26. The van der Waals surface area contributed by atoms with E-state index >= 15 is 0 Å². The van der Waals surface area contributed by atoms with Gasteiger partial charge in [-0.3, -0.25) is 4.57 Å². The van der Waals surface area contributed by atoms with Gasteiger partial charge in [-0.1, -0.05) is 141 Å².